The standard InChI is InChI=1S/C22H26N2O2S/c1-3-26-19-9-8-16(14-20(19)25-2)22(24-12-10-23-11-13-24)18-15-27-21-7-5-4-6-17(18)21/h4-9,14-15,22-23H,3,10-13H2,1-2H3. The molecule has 0 aliphatic carbocycles. The molecule has 2 aromatic carbocycles. The van der Waals surface area contributed by atoms with Crippen LogP contribution in [-0.4, -0.2) is 44.8 Å². The molecule has 27 heavy (non-hydrogen) atoms. The van der Waals surface area contributed by atoms with Crippen LogP contribution >= 0.6 is 11.3 Å². The van der Waals surface area contributed by atoms with E-state index in [0.717, 1.165) is 37.7 Å². The number of nitrogens with zero attached hydrogens (tertiary/aromatic N) is 1. The van der Waals surface area contributed by atoms with Crippen molar-refractivity contribution in [2.75, 3.05) is 39.9 Å². The van der Waals surface area contributed by atoms with Crippen LogP contribution in [0.25, 0.3) is 10.1 Å². The second-order valence-electron chi connectivity index (χ2n) is 6.72. The van der Waals surface area contributed by atoms with Crippen LogP contribution in [0.2, 0.25) is 0 Å². The van der Waals surface area contributed by atoms with Gasteiger partial charge < -0.3 is 14.8 Å². The quantitative estimate of drug-likeness (QED) is 0.689. The van der Waals surface area contributed by atoms with E-state index in [4.69, 9.17) is 9.47 Å². The topological polar surface area (TPSA) is 33.7 Å². The summed E-state index contributed by atoms with van der Waals surface area (Å²) in [7, 11) is 1.71. The molecular formula is C22H26N2O2S. The Kier molecular flexibility index (Phi) is 5.62. The van der Waals surface area contributed by atoms with Gasteiger partial charge in [-0.2, -0.15) is 0 Å². The summed E-state index contributed by atoms with van der Waals surface area (Å²) < 4.78 is 12.7. The van der Waals surface area contributed by atoms with E-state index >= 15 is 0 Å². The van der Waals surface area contributed by atoms with Crippen LogP contribution in [0, 0.1) is 0 Å². The van der Waals surface area contributed by atoms with Gasteiger partial charge in [-0.3, -0.25) is 4.90 Å². The SMILES string of the molecule is CCOc1ccc(C(c2csc3ccccc23)N2CCNCC2)cc1OC. The van der Waals surface area contributed by atoms with Gasteiger partial charge in [0.2, 0.25) is 0 Å². The van der Waals surface area contributed by atoms with Gasteiger partial charge in [-0.15, -0.1) is 11.3 Å². The molecule has 2 heterocycles. The van der Waals surface area contributed by atoms with E-state index < -0.39 is 0 Å². The van der Waals surface area contributed by atoms with Crippen molar-refractivity contribution >= 4 is 21.4 Å². The molecule has 0 bridgehead atoms. The molecule has 0 amide bonds. The predicted octanol–water partition coefficient (Wildman–Crippen LogP) is 4.30. The second kappa shape index (κ2) is 8.30. The number of nitrogens with one attached hydrogen (secondary N) is 1. The Morgan fingerprint density at radius 3 is 2.70 bits per heavy atom. The zero-order valence-corrected chi connectivity index (χ0v) is 16.7. The first-order chi connectivity index (χ1) is 13.3. The van der Waals surface area contributed by atoms with E-state index in [1.807, 2.05) is 24.3 Å². The lowest BCUT2D eigenvalue weighted by atomic mass is 9.95. The Balaban J connectivity index is 1.81. The van der Waals surface area contributed by atoms with Crippen LogP contribution < -0.4 is 14.8 Å². The highest BCUT2D eigenvalue weighted by Crippen LogP contribution is 2.40. The third-order valence-corrected chi connectivity index (χ3v) is 6.11. The second-order valence-corrected chi connectivity index (χ2v) is 7.63. The molecule has 1 aliphatic heterocycles. The molecule has 5 heteroatoms. The fraction of sp³-hybridized carbons (Fsp3) is 0.364. The van der Waals surface area contributed by atoms with Gasteiger partial charge in [-0.1, -0.05) is 24.3 Å². The van der Waals surface area contributed by atoms with Crippen molar-refractivity contribution in [2.24, 2.45) is 0 Å². The Bertz CT molecular complexity index is 902. The number of ether oxygens (including phenoxy) is 2. The summed E-state index contributed by atoms with van der Waals surface area (Å²) in [4.78, 5) is 2.57. The highest BCUT2D eigenvalue weighted by Gasteiger charge is 2.27. The van der Waals surface area contributed by atoms with Crippen LogP contribution in [0.15, 0.2) is 47.8 Å². The highest BCUT2D eigenvalue weighted by molar-refractivity contribution is 7.17. The Morgan fingerprint density at radius 2 is 1.93 bits per heavy atom. The number of rotatable bonds is 6. The van der Waals surface area contributed by atoms with Crippen LogP contribution in [-0.2, 0) is 0 Å². The van der Waals surface area contributed by atoms with Gasteiger partial charge in [-0.05, 0) is 47.0 Å². The van der Waals surface area contributed by atoms with Crippen molar-refractivity contribution in [2.45, 2.75) is 13.0 Å². The fourth-order valence-corrected chi connectivity index (χ4v) is 4.85. The van der Waals surface area contributed by atoms with E-state index in [1.165, 1.54) is 21.2 Å². The molecule has 1 saturated heterocycles. The van der Waals surface area contributed by atoms with Crippen molar-refractivity contribution in [3.8, 4) is 11.5 Å². The van der Waals surface area contributed by atoms with Crippen LogP contribution in [0.3, 0.4) is 0 Å². The number of hydrogen-bond acceptors (Lipinski definition) is 5. The third-order valence-electron chi connectivity index (χ3n) is 5.13. The normalized spacial score (nSPS) is 16.4. The number of piperazine rings is 1. The molecule has 4 rings (SSSR count). The maximum absolute atomic E-state index is 5.72. The Morgan fingerprint density at radius 1 is 1.11 bits per heavy atom. The molecular weight excluding hydrogens is 356 g/mol. The number of thiophene rings is 1. The highest BCUT2D eigenvalue weighted by atomic mass is 32.1. The number of fused-ring (bicyclic) bond motifs is 1. The van der Waals surface area contributed by atoms with Gasteiger partial charge in [0.15, 0.2) is 11.5 Å². The zero-order valence-electron chi connectivity index (χ0n) is 15.9. The van der Waals surface area contributed by atoms with Gasteiger partial charge in [0.25, 0.3) is 0 Å². The average molecular weight is 383 g/mol. The number of methoxy groups -OCH3 is 1. The van der Waals surface area contributed by atoms with Crippen molar-refractivity contribution in [1.82, 2.24) is 10.2 Å². The summed E-state index contributed by atoms with van der Waals surface area (Å²) in [6.07, 6.45) is 0. The summed E-state index contributed by atoms with van der Waals surface area (Å²) in [6, 6.07) is 15.3. The lowest BCUT2D eigenvalue weighted by molar-refractivity contribution is 0.199. The molecule has 4 nitrogen and oxygen atoms in total. The number of benzene rings is 2. The van der Waals surface area contributed by atoms with E-state index in [9.17, 15) is 0 Å². The maximum atomic E-state index is 5.72. The van der Waals surface area contributed by atoms with Gasteiger partial charge in [0, 0.05) is 30.9 Å². The average Bonchev–Trinajstić information content (AvgIpc) is 3.14. The van der Waals surface area contributed by atoms with Crippen LogP contribution in [0.5, 0.6) is 11.5 Å². The molecule has 1 aliphatic rings. The van der Waals surface area contributed by atoms with Crippen molar-refractivity contribution in [3.63, 3.8) is 0 Å². The minimum atomic E-state index is 0.216. The smallest absolute Gasteiger partial charge is 0.161 e. The lowest BCUT2D eigenvalue weighted by Crippen LogP contribution is -2.45. The van der Waals surface area contributed by atoms with E-state index in [2.05, 4.69) is 52.0 Å². The monoisotopic (exact) mass is 382 g/mol. The lowest BCUT2D eigenvalue weighted by Gasteiger charge is -2.35. The summed E-state index contributed by atoms with van der Waals surface area (Å²) in [5, 5.41) is 7.13. The largest absolute Gasteiger partial charge is 0.493 e. The third kappa shape index (κ3) is 3.68. The van der Waals surface area contributed by atoms with Crippen molar-refractivity contribution < 1.29 is 9.47 Å². The Labute approximate surface area is 164 Å². The van der Waals surface area contributed by atoms with E-state index in [1.54, 1.807) is 7.11 Å². The fourth-order valence-electron chi connectivity index (χ4n) is 3.87. The molecule has 1 atom stereocenters. The summed E-state index contributed by atoms with van der Waals surface area (Å²) >= 11 is 1.82. The minimum absolute atomic E-state index is 0.216. The zero-order chi connectivity index (χ0) is 18.6. The Hall–Kier alpha value is -2.08. The summed E-state index contributed by atoms with van der Waals surface area (Å²) in [6.45, 7) is 6.73. The first kappa shape index (κ1) is 18.3. The molecule has 1 fully saturated rings. The van der Waals surface area contributed by atoms with Crippen molar-refractivity contribution in [1.29, 1.82) is 0 Å². The summed E-state index contributed by atoms with van der Waals surface area (Å²) in [5.74, 6) is 1.60. The summed E-state index contributed by atoms with van der Waals surface area (Å²) in [5.41, 5.74) is 2.63. The predicted molar refractivity (Wildman–Crippen MR) is 112 cm³/mol. The molecule has 1 aromatic heterocycles. The molecule has 142 valence electrons. The number of hydrogen-bond donors (Lipinski definition) is 1. The van der Waals surface area contributed by atoms with Crippen LogP contribution in [0.4, 0.5) is 0 Å². The molecule has 1 N–H and O–H groups in total. The molecule has 3 aromatic rings. The van der Waals surface area contributed by atoms with Gasteiger partial charge in [0.1, 0.15) is 0 Å². The first-order valence-corrected chi connectivity index (χ1v) is 10.4. The first-order valence-electron chi connectivity index (χ1n) is 9.53. The molecule has 0 saturated carbocycles. The molecule has 1 unspecified atom stereocenters. The molecule has 0 spiro atoms. The van der Waals surface area contributed by atoms with Gasteiger partial charge in [-0.25, -0.2) is 0 Å². The van der Waals surface area contributed by atoms with Crippen molar-refractivity contribution in [3.05, 3.63) is 59.0 Å². The van der Waals surface area contributed by atoms with Gasteiger partial charge in [0.05, 0.1) is 19.8 Å². The van der Waals surface area contributed by atoms with Crippen LogP contribution in [0.1, 0.15) is 24.1 Å². The van der Waals surface area contributed by atoms with Gasteiger partial charge >= 0.3 is 0 Å². The minimum Gasteiger partial charge on any atom is -0.493 e. The molecule has 0 radical (unpaired) electrons. The van der Waals surface area contributed by atoms with E-state index in [-0.39, 0.29) is 6.04 Å². The maximum Gasteiger partial charge on any atom is 0.161 e. The van der Waals surface area contributed by atoms with E-state index in [0.29, 0.717) is 6.61 Å².